The van der Waals surface area contributed by atoms with Crippen LogP contribution in [0.2, 0.25) is 0 Å². The second-order valence-corrected chi connectivity index (χ2v) is 7.24. The number of methoxy groups -OCH3 is 1. The first-order chi connectivity index (χ1) is 12.7. The molecule has 2 fully saturated rings. The minimum atomic E-state index is -0.737. The van der Waals surface area contributed by atoms with Crippen LogP contribution in [0.4, 0.5) is 0 Å². The molecule has 26 heavy (non-hydrogen) atoms. The lowest BCUT2D eigenvalue weighted by atomic mass is 9.93. The molecule has 2 aliphatic rings. The van der Waals surface area contributed by atoms with E-state index in [9.17, 15) is 5.11 Å². The number of imidazole rings is 1. The van der Waals surface area contributed by atoms with E-state index in [1.165, 1.54) is 0 Å². The molecule has 1 unspecified atom stereocenters. The molecule has 0 aliphatic carbocycles. The second kappa shape index (κ2) is 7.39. The molecule has 1 aromatic carbocycles. The maximum atomic E-state index is 11.0. The van der Waals surface area contributed by atoms with Crippen LogP contribution in [0.1, 0.15) is 30.9 Å². The van der Waals surface area contributed by atoms with E-state index in [0.29, 0.717) is 45.1 Å². The van der Waals surface area contributed by atoms with E-state index in [0.717, 1.165) is 35.7 Å². The molecule has 1 N–H and O–H groups in total. The molecular weight excluding hydrogens is 332 g/mol. The molecule has 3 heterocycles. The highest BCUT2D eigenvalue weighted by atomic mass is 16.5. The largest absolute Gasteiger partial charge is 0.497 e. The predicted octanol–water partition coefficient (Wildman–Crippen LogP) is 2.60. The summed E-state index contributed by atoms with van der Waals surface area (Å²) in [4.78, 5) is 4.71. The van der Waals surface area contributed by atoms with Crippen molar-refractivity contribution in [3.63, 3.8) is 0 Å². The van der Waals surface area contributed by atoms with Crippen molar-refractivity contribution in [3.8, 4) is 17.0 Å². The first-order valence-corrected chi connectivity index (χ1v) is 9.26. The maximum Gasteiger partial charge on any atom is 0.119 e. The molecule has 6 heteroatoms. The minimum Gasteiger partial charge on any atom is -0.497 e. The second-order valence-electron chi connectivity index (χ2n) is 7.24. The number of nitrogens with zero attached hydrogens (tertiary/aromatic N) is 2. The number of hydrogen-bond acceptors (Lipinski definition) is 5. The summed E-state index contributed by atoms with van der Waals surface area (Å²) in [5.74, 6) is 1.11. The first-order valence-electron chi connectivity index (χ1n) is 9.26. The van der Waals surface area contributed by atoms with E-state index in [2.05, 4.69) is 10.6 Å². The monoisotopic (exact) mass is 358 g/mol. The average molecular weight is 358 g/mol. The Kier molecular flexibility index (Phi) is 4.98. The van der Waals surface area contributed by atoms with Gasteiger partial charge in [0.1, 0.15) is 5.75 Å². The van der Waals surface area contributed by atoms with Crippen molar-refractivity contribution in [2.24, 2.45) is 0 Å². The molecule has 4 rings (SSSR count). The molecule has 0 bridgehead atoms. The zero-order valence-corrected chi connectivity index (χ0v) is 15.2. The minimum absolute atomic E-state index is 0.294. The first kappa shape index (κ1) is 17.5. The summed E-state index contributed by atoms with van der Waals surface area (Å²) in [6.45, 7) is 3.22. The van der Waals surface area contributed by atoms with E-state index < -0.39 is 5.60 Å². The van der Waals surface area contributed by atoms with Crippen molar-refractivity contribution in [2.75, 3.05) is 33.5 Å². The van der Waals surface area contributed by atoms with Crippen molar-refractivity contribution in [2.45, 2.75) is 37.3 Å². The van der Waals surface area contributed by atoms with E-state index in [1.54, 1.807) is 7.11 Å². The Morgan fingerprint density at radius 1 is 1.27 bits per heavy atom. The van der Waals surface area contributed by atoms with Crippen molar-refractivity contribution < 1.29 is 19.3 Å². The van der Waals surface area contributed by atoms with Gasteiger partial charge in [-0.15, -0.1) is 0 Å². The Bertz CT molecular complexity index is 746. The zero-order chi connectivity index (χ0) is 18.0. The summed E-state index contributed by atoms with van der Waals surface area (Å²) < 4.78 is 18.5. The van der Waals surface area contributed by atoms with Crippen molar-refractivity contribution in [1.82, 2.24) is 9.55 Å². The third kappa shape index (κ3) is 3.49. The summed E-state index contributed by atoms with van der Waals surface area (Å²) in [5.41, 5.74) is 2.40. The fourth-order valence-electron chi connectivity index (χ4n) is 3.92. The van der Waals surface area contributed by atoms with Gasteiger partial charge in [0, 0.05) is 44.1 Å². The summed E-state index contributed by atoms with van der Waals surface area (Å²) in [6.07, 6.45) is 4.14. The standard InChI is InChI=1S/C20H26N2O4/c1-24-17-4-2-3-15(11-17)18-19(16-5-8-26-12-16)22(14-21-18)13-20(23)6-9-25-10-7-20/h2-4,11,14,16,23H,5-10,12-13H2,1H3. The highest BCUT2D eigenvalue weighted by Crippen LogP contribution is 2.36. The Balaban J connectivity index is 1.71. The Morgan fingerprint density at radius 2 is 2.12 bits per heavy atom. The molecule has 0 saturated carbocycles. The molecule has 1 atom stereocenters. The summed E-state index contributed by atoms with van der Waals surface area (Å²) in [6, 6.07) is 7.98. The maximum absolute atomic E-state index is 11.0. The molecule has 0 amide bonds. The molecule has 2 aromatic rings. The topological polar surface area (TPSA) is 65.7 Å². The smallest absolute Gasteiger partial charge is 0.119 e. The number of ether oxygens (including phenoxy) is 3. The van der Waals surface area contributed by atoms with Crippen LogP contribution in [0.25, 0.3) is 11.3 Å². The molecule has 140 valence electrons. The van der Waals surface area contributed by atoms with Crippen LogP contribution in [0, 0.1) is 0 Å². The van der Waals surface area contributed by atoms with E-state index in [1.807, 2.05) is 24.5 Å². The highest BCUT2D eigenvalue weighted by molar-refractivity contribution is 5.64. The molecule has 0 spiro atoms. The molecule has 1 aromatic heterocycles. The normalized spacial score (nSPS) is 22.5. The average Bonchev–Trinajstić information content (AvgIpc) is 3.31. The molecule has 0 radical (unpaired) electrons. The number of benzene rings is 1. The van der Waals surface area contributed by atoms with Crippen molar-refractivity contribution >= 4 is 0 Å². The van der Waals surface area contributed by atoms with Gasteiger partial charge in [-0.25, -0.2) is 4.98 Å². The van der Waals surface area contributed by atoms with Gasteiger partial charge < -0.3 is 23.9 Å². The van der Waals surface area contributed by atoms with Crippen LogP contribution in [0.15, 0.2) is 30.6 Å². The lowest BCUT2D eigenvalue weighted by Crippen LogP contribution is -2.40. The van der Waals surface area contributed by atoms with Gasteiger partial charge >= 0.3 is 0 Å². The summed E-state index contributed by atoms with van der Waals surface area (Å²) in [5, 5.41) is 11.0. The third-order valence-corrected chi connectivity index (χ3v) is 5.43. The van der Waals surface area contributed by atoms with Gasteiger partial charge in [0.25, 0.3) is 0 Å². The Morgan fingerprint density at radius 3 is 2.85 bits per heavy atom. The number of aliphatic hydroxyl groups is 1. The van der Waals surface area contributed by atoms with Crippen LogP contribution in [0.3, 0.4) is 0 Å². The Labute approximate surface area is 153 Å². The highest BCUT2D eigenvalue weighted by Gasteiger charge is 2.33. The summed E-state index contributed by atoms with van der Waals surface area (Å²) in [7, 11) is 1.67. The van der Waals surface area contributed by atoms with Crippen LogP contribution in [0.5, 0.6) is 5.75 Å². The van der Waals surface area contributed by atoms with E-state index in [4.69, 9.17) is 19.2 Å². The van der Waals surface area contributed by atoms with E-state index >= 15 is 0 Å². The van der Waals surface area contributed by atoms with Gasteiger partial charge in [0.05, 0.1) is 43.6 Å². The van der Waals surface area contributed by atoms with E-state index in [-0.39, 0.29) is 0 Å². The van der Waals surface area contributed by atoms with Crippen LogP contribution >= 0.6 is 0 Å². The van der Waals surface area contributed by atoms with Crippen molar-refractivity contribution in [3.05, 3.63) is 36.3 Å². The van der Waals surface area contributed by atoms with Crippen molar-refractivity contribution in [1.29, 1.82) is 0 Å². The molecule has 6 nitrogen and oxygen atoms in total. The number of hydrogen-bond donors (Lipinski definition) is 1. The summed E-state index contributed by atoms with van der Waals surface area (Å²) >= 11 is 0. The fraction of sp³-hybridized carbons (Fsp3) is 0.550. The van der Waals surface area contributed by atoms with Gasteiger partial charge in [-0.05, 0) is 18.6 Å². The van der Waals surface area contributed by atoms with Gasteiger partial charge in [-0.3, -0.25) is 0 Å². The number of aromatic nitrogens is 2. The zero-order valence-electron chi connectivity index (χ0n) is 15.2. The Hall–Kier alpha value is -1.89. The molecule has 2 saturated heterocycles. The predicted molar refractivity (Wildman–Crippen MR) is 97.4 cm³/mol. The fourth-order valence-corrected chi connectivity index (χ4v) is 3.92. The SMILES string of the molecule is COc1cccc(-c2ncn(CC3(O)CCOCC3)c2C2CCOC2)c1. The quantitative estimate of drug-likeness (QED) is 0.890. The lowest BCUT2D eigenvalue weighted by Gasteiger charge is -2.33. The molecule has 2 aliphatic heterocycles. The van der Waals surface area contributed by atoms with Crippen LogP contribution in [-0.4, -0.2) is 53.8 Å². The van der Waals surface area contributed by atoms with Crippen LogP contribution in [-0.2, 0) is 16.0 Å². The van der Waals surface area contributed by atoms with Gasteiger partial charge in [0.2, 0.25) is 0 Å². The number of rotatable bonds is 5. The van der Waals surface area contributed by atoms with Gasteiger partial charge in [-0.2, -0.15) is 0 Å². The van der Waals surface area contributed by atoms with Gasteiger partial charge in [-0.1, -0.05) is 12.1 Å². The lowest BCUT2D eigenvalue weighted by molar-refractivity contribution is -0.0732. The van der Waals surface area contributed by atoms with Crippen LogP contribution < -0.4 is 4.74 Å². The van der Waals surface area contributed by atoms with Gasteiger partial charge in [0.15, 0.2) is 0 Å². The third-order valence-electron chi connectivity index (χ3n) is 5.43. The molecular formula is C20H26N2O4.